The molecule has 0 bridgehead atoms. The molecule has 4 rings (SSSR count). The van der Waals surface area contributed by atoms with Crippen LogP contribution >= 0.6 is 11.3 Å². The SMILES string of the molecule is COc1ccccc1OC[C@@H]1c2ccsc2CCN1C(=O)CN(C(=O)c1ccccc1F)C(C)C. The molecule has 0 unspecified atom stereocenters. The Hall–Kier alpha value is -3.39. The highest BCUT2D eigenvalue weighted by Crippen LogP contribution is 2.35. The van der Waals surface area contributed by atoms with Gasteiger partial charge in [0, 0.05) is 17.5 Å². The van der Waals surface area contributed by atoms with Crippen molar-refractivity contribution in [3.8, 4) is 11.5 Å². The maximum absolute atomic E-state index is 14.3. The first kappa shape index (κ1) is 24.7. The monoisotopic (exact) mass is 496 g/mol. The summed E-state index contributed by atoms with van der Waals surface area (Å²) in [5, 5.41) is 2.02. The van der Waals surface area contributed by atoms with Gasteiger partial charge in [-0.1, -0.05) is 24.3 Å². The Morgan fingerprint density at radius 3 is 2.54 bits per heavy atom. The molecule has 8 heteroatoms. The van der Waals surface area contributed by atoms with Crippen LogP contribution in [0.4, 0.5) is 4.39 Å². The average molecular weight is 497 g/mol. The highest BCUT2D eigenvalue weighted by atomic mass is 32.1. The first-order valence-corrected chi connectivity index (χ1v) is 12.5. The molecule has 1 aromatic heterocycles. The standard InChI is InChI=1S/C27H29FN2O4S/c1-18(2)30(27(32)19-8-4-5-9-21(19)28)16-26(31)29-14-12-25-20(13-15-35-25)22(29)17-34-24-11-7-6-10-23(24)33-3/h4-11,13,15,18,22H,12,14,16-17H2,1-3H3/t22-/m1/s1. The number of hydrogen-bond donors (Lipinski definition) is 0. The fourth-order valence-corrected chi connectivity index (χ4v) is 5.22. The minimum Gasteiger partial charge on any atom is -0.493 e. The van der Waals surface area contributed by atoms with Gasteiger partial charge in [0.15, 0.2) is 11.5 Å². The number of rotatable bonds is 8. The van der Waals surface area contributed by atoms with E-state index in [4.69, 9.17) is 9.47 Å². The Morgan fingerprint density at radius 1 is 1.11 bits per heavy atom. The summed E-state index contributed by atoms with van der Waals surface area (Å²) >= 11 is 1.67. The molecule has 2 heterocycles. The molecule has 0 aliphatic carbocycles. The van der Waals surface area contributed by atoms with Crippen molar-refractivity contribution in [2.24, 2.45) is 0 Å². The predicted octanol–water partition coefficient (Wildman–Crippen LogP) is 4.95. The van der Waals surface area contributed by atoms with Crippen LogP contribution in [-0.4, -0.2) is 54.5 Å². The summed E-state index contributed by atoms with van der Waals surface area (Å²) in [5.41, 5.74) is 1.02. The number of carbonyl (C=O) groups is 2. The number of fused-ring (bicyclic) bond motifs is 1. The number of benzene rings is 2. The molecule has 0 radical (unpaired) electrons. The first-order valence-electron chi connectivity index (χ1n) is 11.6. The van der Waals surface area contributed by atoms with Crippen LogP contribution in [0, 0.1) is 5.82 Å². The van der Waals surface area contributed by atoms with Gasteiger partial charge in [-0.3, -0.25) is 9.59 Å². The minimum absolute atomic E-state index is 0.0381. The summed E-state index contributed by atoms with van der Waals surface area (Å²) < 4.78 is 25.8. The Morgan fingerprint density at radius 2 is 1.83 bits per heavy atom. The topological polar surface area (TPSA) is 59.1 Å². The Bertz CT molecular complexity index is 1200. The Labute approximate surface area is 208 Å². The number of thiophene rings is 1. The summed E-state index contributed by atoms with van der Waals surface area (Å²) in [6, 6.07) is 14.7. The third-order valence-electron chi connectivity index (χ3n) is 6.18. The molecule has 0 saturated carbocycles. The van der Waals surface area contributed by atoms with E-state index < -0.39 is 11.7 Å². The zero-order chi connectivity index (χ0) is 24.9. The van der Waals surface area contributed by atoms with E-state index >= 15 is 0 Å². The highest BCUT2D eigenvalue weighted by molar-refractivity contribution is 7.10. The lowest BCUT2D eigenvalue weighted by Crippen LogP contribution is -2.49. The van der Waals surface area contributed by atoms with Crippen LogP contribution in [0.1, 0.15) is 40.7 Å². The van der Waals surface area contributed by atoms with Gasteiger partial charge < -0.3 is 19.3 Å². The quantitative estimate of drug-likeness (QED) is 0.443. The Balaban J connectivity index is 1.55. The van der Waals surface area contributed by atoms with Crippen LogP contribution in [-0.2, 0) is 11.2 Å². The van der Waals surface area contributed by atoms with Crippen LogP contribution in [0.2, 0.25) is 0 Å². The molecule has 184 valence electrons. The number of hydrogen-bond acceptors (Lipinski definition) is 5. The van der Waals surface area contributed by atoms with Gasteiger partial charge in [0.2, 0.25) is 5.91 Å². The summed E-state index contributed by atoms with van der Waals surface area (Å²) in [4.78, 5) is 31.1. The molecular formula is C27H29FN2O4S. The molecule has 0 saturated heterocycles. The van der Waals surface area contributed by atoms with Crippen LogP contribution in [0.3, 0.4) is 0 Å². The van der Waals surface area contributed by atoms with Gasteiger partial charge in [0.25, 0.3) is 5.91 Å². The maximum atomic E-state index is 14.3. The van der Waals surface area contributed by atoms with Gasteiger partial charge in [-0.05, 0) is 61.5 Å². The fourth-order valence-electron chi connectivity index (χ4n) is 4.30. The van der Waals surface area contributed by atoms with E-state index in [1.165, 1.54) is 28.0 Å². The van der Waals surface area contributed by atoms with Crippen LogP contribution in [0.25, 0.3) is 0 Å². The normalized spacial score (nSPS) is 15.0. The van der Waals surface area contributed by atoms with Crippen molar-refractivity contribution in [2.75, 3.05) is 26.8 Å². The second-order valence-electron chi connectivity index (χ2n) is 8.62. The fraction of sp³-hybridized carbons (Fsp3) is 0.333. The lowest BCUT2D eigenvalue weighted by atomic mass is 10.00. The predicted molar refractivity (Wildman–Crippen MR) is 134 cm³/mol. The molecule has 0 N–H and O–H groups in total. The molecule has 6 nitrogen and oxygen atoms in total. The van der Waals surface area contributed by atoms with Gasteiger partial charge >= 0.3 is 0 Å². The second kappa shape index (κ2) is 10.9. The minimum atomic E-state index is -0.598. The number of para-hydroxylation sites is 2. The molecule has 2 aromatic carbocycles. The summed E-state index contributed by atoms with van der Waals surface area (Å²) in [6.45, 7) is 4.27. The van der Waals surface area contributed by atoms with E-state index in [9.17, 15) is 14.0 Å². The van der Waals surface area contributed by atoms with Crippen molar-refractivity contribution in [2.45, 2.75) is 32.4 Å². The number of nitrogens with zero attached hydrogens (tertiary/aromatic N) is 2. The third kappa shape index (κ3) is 5.32. The van der Waals surface area contributed by atoms with E-state index in [0.29, 0.717) is 18.0 Å². The highest BCUT2D eigenvalue weighted by Gasteiger charge is 2.34. The second-order valence-corrected chi connectivity index (χ2v) is 9.62. The van der Waals surface area contributed by atoms with Crippen molar-refractivity contribution in [1.29, 1.82) is 0 Å². The summed E-state index contributed by atoms with van der Waals surface area (Å²) in [7, 11) is 1.59. The number of carbonyl (C=O) groups excluding carboxylic acids is 2. The van der Waals surface area contributed by atoms with Crippen molar-refractivity contribution in [1.82, 2.24) is 9.80 Å². The molecule has 3 aromatic rings. The largest absolute Gasteiger partial charge is 0.493 e. The van der Waals surface area contributed by atoms with Crippen LogP contribution in [0.5, 0.6) is 11.5 Å². The van der Waals surface area contributed by atoms with E-state index in [2.05, 4.69) is 0 Å². The van der Waals surface area contributed by atoms with Gasteiger partial charge in [0.05, 0.1) is 18.7 Å². The number of halogens is 1. The lowest BCUT2D eigenvalue weighted by Gasteiger charge is -2.37. The molecular weight excluding hydrogens is 467 g/mol. The molecule has 1 atom stereocenters. The maximum Gasteiger partial charge on any atom is 0.257 e. The van der Waals surface area contributed by atoms with Crippen molar-refractivity contribution in [3.63, 3.8) is 0 Å². The van der Waals surface area contributed by atoms with Crippen LogP contribution < -0.4 is 9.47 Å². The van der Waals surface area contributed by atoms with E-state index in [-0.39, 0.29) is 36.7 Å². The lowest BCUT2D eigenvalue weighted by molar-refractivity contribution is -0.136. The average Bonchev–Trinajstić information content (AvgIpc) is 3.34. The van der Waals surface area contributed by atoms with Crippen molar-refractivity contribution >= 4 is 23.2 Å². The van der Waals surface area contributed by atoms with Gasteiger partial charge in [-0.25, -0.2) is 4.39 Å². The Kier molecular flexibility index (Phi) is 7.70. The zero-order valence-corrected chi connectivity index (χ0v) is 20.9. The smallest absolute Gasteiger partial charge is 0.257 e. The van der Waals surface area contributed by atoms with E-state index in [1.54, 1.807) is 29.4 Å². The molecule has 0 fully saturated rings. The number of amides is 2. The number of ether oxygens (including phenoxy) is 2. The zero-order valence-electron chi connectivity index (χ0n) is 20.1. The van der Waals surface area contributed by atoms with Gasteiger partial charge in [-0.2, -0.15) is 0 Å². The van der Waals surface area contributed by atoms with E-state index in [0.717, 1.165) is 12.0 Å². The first-order chi connectivity index (χ1) is 16.9. The molecule has 35 heavy (non-hydrogen) atoms. The van der Waals surface area contributed by atoms with Crippen molar-refractivity contribution in [3.05, 3.63) is 81.8 Å². The third-order valence-corrected chi connectivity index (χ3v) is 7.17. The molecule has 1 aliphatic heterocycles. The van der Waals surface area contributed by atoms with Gasteiger partial charge in [0.1, 0.15) is 19.0 Å². The molecule has 0 spiro atoms. The van der Waals surface area contributed by atoms with Crippen molar-refractivity contribution < 1.29 is 23.5 Å². The van der Waals surface area contributed by atoms with Crippen LogP contribution in [0.15, 0.2) is 60.0 Å². The number of methoxy groups -OCH3 is 1. The molecule has 2 amide bonds. The van der Waals surface area contributed by atoms with E-state index in [1.807, 2.05) is 49.6 Å². The molecule has 1 aliphatic rings. The van der Waals surface area contributed by atoms with Gasteiger partial charge in [-0.15, -0.1) is 11.3 Å². The summed E-state index contributed by atoms with van der Waals surface area (Å²) in [6.07, 6.45) is 0.743. The summed E-state index contributed by atoms with van der Waals surface area (Å²) in [5.74, 6) is -0.0774.